The van der Waals surface area contributed by atoms with Crippen LogP contribution in [-0.4, -0.2) is 41.4 Å². The van der Waals surface area contributed by atoms with Gasteiger partial charge in [0.15, 0.2) is 16.6 Å². The van der Waals surface area contributed by atoms with E-state index in [1.165, 1.54) is 0 Å². The van der Waals surface area contributed by atoms with Crippen LogP contribution in [0, 0.1) is 11.8 Å². The number of rotatable bonds is 5. The van der Waals surface area contributed by atoms with Gasteiger partial charge in [0, 0.05) is 0 Å². The quantitative estimate of drug-likeness (QED) is 0.576. The maximum absolute atomic E-state index is 11.9. The molecule has 0 N–H and O–H groups in total. The molecule has 4 nitrogen and oxygen atoms in total. The van der Waals surface area contributed by atoms with E-state index < -0.39 is 16.6 Å². The molecule has 0 aromatic heterocycles. The zero-order chi connectivity index (χ0) is 15.7. The molecular formula is C14H30O4Si2. The Morgan fingerprint density at radius 1 is 1.05 bits per heavy atom. The van der Waals surface area contributed by atoms with Crippen LogP contribution in [0.5, 0.6) is 0 Å². The maximum Gasteiger partial charge on any atom is 0.309 e. The lowest BCUT2D eigenvalue weighted by Crippen LogP contribution is -2.54. The third kappa shape index (κ3) is 5.31. The lowest BCUT2D eigenvalue weighted by Gasteiger charge is -2.42. The van der Waals surface area contributed by atoms with Gasteiger partial charge in [0.2, 0.25) is 0 Å². The van der Waals surface area contributed by atoms with Gasteiger partial charge in [-0.2, -0.15) is 0 Å². The van der Waals surface area contributed by atoms with Crippen molar-refractivity contribution in [3.8, 4) is 0 Å². The van der Waals surface area contributed by atoms with Crippen LogP contribution in [0.1, 0.15) is 13.8 Å². The van der Waals surface area contributed by atoms with Gasteiger partial charge in [0.25, 0.3) is 0 Å². The van der Waals surface area contributed by atoms with Crippen LogP contribution >= 0.6 is 0 Å². The summed E-state index contributed by atoms with van der Waals surface area (Å²) in [7, 11) is -3.32. The summed E-state index contributed by atoms with van der Waals surface area (Å²) in [5.41, 5.74) is 0. The molecule has 1 heterocycles. The minimum absolute atomic E-state index is 0.0503. The number of carbonyl (C=O) groups excluding carboxylic acids is 1. The van der Waals surface area contributed by atoms with Gasteiger partial charge in [0.05, 0.1) is 18.6 Å². The molecule has 0 radical (unpaired) electrons. The van der Waals surface area contributed by atoms with E-state index in [4.69, 9.17) is 13.6 Å². The van der Waals surface area contributed by atoms with Crippen LogP contribution in [0.4, 0.5) is 0 Å². The van der Waals surface area contributed by atoms with Gasteiger partial charge in [-0.05, 0) is 45.2 Å². The van der Waals surface area contributed by atoms with Crippen molar-refractivity contribution in [3.05, 3.63) is 0 Å². The number of hydrogen-bond acceptors (Lipinski definition) is 4. The monoisotopic (exact) mass is 318 g/mol. The zero-order valence-electron chi connectivity index (χ0n) is 14.1. The normalized spacial score (nSPS) is 32.1. The van der Waals surface area contributed by atoms with E-state index >= 15 is 0 Å². The second-order valence-corrected chi connectivity index (χ2v) is 16.7. The molecule has 1 aliphatic heterocycles. The Morgan fingerprint density at radius 3 is 2.05 bits per heavy atom. The molecule has 20 heavy (non-hydrogen) atoms. The maximum atomic E-state index is 11.9. The van der Waals surface area contributed by atoms with Crippen molar-refractivity contribution < 1.29 is 18.4 Å². The second kappa shape index (κ2) is 6.29. The Kier molecular flexibility index (Phi) is 5.63. The number of cyclic esters (lactones) is 1. The fourth-order valence-electron chi connectivity index (χ4n) is 2.21. The highest BCUT2D eigenvalue weighted by molar-refractivity contribution is 6.70. The lowest BCUT2D eigenvalue weighted by atomic mass is 9.85. The molecule has 1 rings (SSSR count). The van der Waals surface area contributed by atoms with E-state index in [0.29, 0.717) is 6.61 Å². The summed E-state index contributed by atoms with van der Waals surface area (Å²) in [5.74, 6) is -0.0743. The molecule has 0 aromatic carbocycles. The molecule has 0 spiro atoms. The van der Waals surface area contributed by atoms with E-state index in [1.54, 1.807) is 0 Å². The van der Waals surface area contributed by atoms with Crippen molar-refractivity contribution in [3.63, 3.8) is 0 Å². The molecule has 1 saturated heterocycles. The Balaban J connectivity index is 2.83. The van der Waals surface area contributed by atoms with Crippen LogP contribution in [0.3, 0.4) is 0 Å². The van der Waals surface area contributed by atoms with Gasteiger partial charge in [0.1, 0.15) is 6.10 Å². The largest absolute Gasteiger partial charge is 0.457 e. The first kappa shape index (κ1) is 17.9. The fourth-order valence-corrected chi connectivity index (χ4v) is 4.06. The third-order valence-corrected chi connectivity index (χ3v) is 5.49. The molecule has 6 heteroatoms. The highest BCUT2D eigenvalue weighted by Gasteiger charge is 2.44. The van der Waals surface area contributed by atoms with Crippen molar-refractivity contribution in [2.24, 2.45) is 11.8 Å². The van der Waals surface area contributed by atoms with Crippen LogP contribution in [-0.2, 0) is 18.4 Å². The smallest absolute Gasteiger partial charge is 0.309 e. The molecule has 0 saturated carbocycles. The summed E-state index contributed by atoms with van der Waals surface area (Å²) < 4.78 is 17.8. The van der Waals surface area contributed by atoms with Gasteiger partial charge in [-0.1, -0.05) is 13.8 Å². The Morgan fingerprint density at radius 2 is 1.60 bits per heavy atom. The Hall–Kier alpha value is -0.176. The van der Waals surface area contributed by atoms with Crippen LogP contribution < -0.4 is 0 Å². The number of esters is 1. The van der Waals surface area contributed by atoms with Gasteiger partial charge >= 0.3 is 5.97 Å². The predicted molar refractivity (Wildman–Crippen MR) is 85.7 cm³/mol. The average molecular weight is 319 g/mol. The highest BCUT2D eigenvalue weighted by atomic mass is 28.4. The average Bonchev–Trinajstić information content (AvgIpc) is 2.25. The molecule has 0 aromatic rings. The van der Waals surface area contributed by atoms with Crippen molar-refractivity contribution in [2.75, 3.05) is 6.61 Å². The first-order valence-corrected chi connectivity index (χ1v) is 14.2. The molecule has 118 valence electrons. The SMILES string of the molecule is C[C@H]1[C@H](O[Si](C)(C)C)[C@@H](CO[Si](C)(C)C)OC(=O)[C@@H]1C. The minimum atomic E-state index is -1.69. The van der Waals surface area contributed by atoms with Crippen molar-refractivity contribution >= 4 is 22.6 Å². The van der Waals surface area contributed by atoms with Gasteiger partial charge in [-0.3, -0.25) is 4.79 Å². The van der Waals surface area contributed by atoms with Gasteiger partial charge in [-0.25, -0.2) is 0 Å². The lowest BCUT2D eigenvalue weighted by molar-refractivity contribution is -0.180. The van der Waals surface area contributed by atoms with E-state index in [0.717, 1.165) is 0 Å². The molecule has 0 amide bonds. The van der Waals surface area contributed by atoms with Crippen molar-refractivity contribution in [2.45, 2.75) is 65.3 Å². The topological polar surface area (TPSA) is 44.8 Å². The standard InChI is InChI=1S/C14H30O4Si2/c1-10-11(2)14(15)17-12(9-16-19(3,4)5)13(10)18-20(6,7)8/h10-13H,9H2,1-8H3/t10-,11-,12-,13+/m1/s1. The van der Waals surface area contributed by atoms with E-state index in [9.17, 15) is 4.79 Å². The molecular weight excluding hydrogens is 288 g/mol. The minimum Gasteiger partial charge on any atom is -0.457 e. The number of carbonyl (C=O) groups is 1. The summed E-state index contributed by atoms with van der Waals surface area (Å²) in [5, 5.41) is 0. The van der Waals surface area contributed by atoms with Crippen LogP contribution in [0.2, 0.25) is 39.3 Å². The molecule has 0 unspecified atom stereocenters. The van der Waals surface area contributed by atoms with Crippen LogP contribution in [0.15, 0.2) is 0 Å². The molecule has 1 aliphatic rings. The van der Waals surface area contributed by atoms with Crippen molar-refractivity contribution in [1.29, 1.82) is 0 Å². The highest BCUT2D eigenvalue weighted by Crippen LogP contribution is 2.31. The summed E-state index contributed by atoms with van der Waals surface area (Å²) >= 11 is 0. The molecule has 0 aliphatic carbocycles. The summed E-state index contributed by atoms with van der Waals surface area (Å²) in [6.45, 7) is 17.4. The predicted octanol–water partition coefficient (Wildman–Crippen LogP) is 3.26. The van der Waals surface area contributed by atoms with E-state index in [2.05, 4.69) is 46.2 Å². The fraction of sp³-hybridized carbons (Fsp3) is 0.929. The molecule has 0 bridgehead atoms. The third-order valence-electron chi connectivity index (χ3n) is 3.48. The first-order chi connectivity index (χ1) is 8.91. The first-order valence-electron chi connectivity index (χ1n) is 7.43. The summed E-state index contributed by atoms with van der Waals surface area (Å²) in [4.78, 5) is 11.9. The summed E-state index contributed by atoms with van der Waals surface area (Å²) in [6, 6.07) is 0. The Labute approximate surface area is 125 Å². The molecule has 4 atom stereocenters. The van der Waals surface area contributed by atoms with Gasteiger partial charge < -0.3 is 13.6 Å². The van der Waals surface area contributed by atoms with E-state index in [1.807, 2.05) is 6.92 Å². The van der Waals surface area contributed by atoms with Crippen molar-refractivity contribution in [1.82, 2.24) is 0 Å². The molecule has 1 fully saturated rings. The van der Waals surface area contributed by atoms with Crippen LogP contribution in [0.25, 0.3) is 0 Å². The number of hydrogen-bond donors (Lipinski definition) is 0. The zero-order valence-corrected chi connectivity index (χ0v) is 16.1. The number of ether oxygens (including phenoxy) is 1. The van der Waals surface area contributed by atoms with Gasteiger partial charge in [-0.15, -0.1) is 0 Å². The van der Waals surface area contributed by atoms with E-state index in [-0.39, 0.29) is 30.0 Å². The Bertz CT molecular complexity index is 346. The summed E-state index contributed by atoms with van der Waals surface area (Å²) in [6.07, 6.45) is -0.321. The second-order valence-electron chi connectivity index (χ2n) is 7.74.